The van der Waals surface area contributed by atoms with Gasteiger partial charge in [-0.3, -0.25) is 9.69 Å². The van der Waals surface area contributed by atoms with Crippen molar-refractivity contribution in [3.8, 4) is 11.5 Å². The van der Waals surface area contributed by atoms with Crippen molar-refractivity contribution < 1.29 is 27.4 Å². The van der Waals surface area contributed by atoms with E-state index in [1.807, 2.05) is 0 Å². The van der Waals surface area contributed by atoms with Gasteiger partial charge in [-0.25, -0.2) is 4.39 Å². The standard InChI is InChI=1S/C18H18ClF3N2O3/c1-24(8-9-26-14-5-2-12(20)3-6-14)11-17(25)23-13-4-7-16(15(19)10-13)27-18(21)22/h2-7,10,18H,8-9,11H2,1H3,(H,23,25). The first kappa shape index (κ1) is 20.9. The summed E-state index contributed by atoms with van der Waals surface area (Å²) < 4.78 is 46.9. The van der Waals surface area contributed by atoms with Gasteiger partial charge in [0.05, 0.1) is 11.6 Å². The van der Waals surface area contributed by atoms with E-state index in [9.17, 15) is 18.0 Å². The van der Waals surface area contributed by atoms with Crippen LogP contribution in [0.2, 0.25) is 5.02 Å². The van der Waals surface area contributed by atoms with Crippen LogP contribution in [0.5, 0.6) is 11.5 Å². The lowest BCUT2D eigenvalue weighted by Gasteiger charge is -2.17. The Bertz CT molecular complexity index is 760. The summed E-state index contributed by atoms with van der Waals surface area (Å²) in [5, 5.41) is 2.58. The topological polar surface area (TPSA) is 50.8 Å². The quantitative estimate of drug-likeness (QED) is 0.688. The van der Waals surface area contributed by atoms with Gasteiger partial charge in [0.1, 0.15) is 23.9 Å². The third-order valence-electron chi connectivity index (χ3n) is 3.40. The number of hydrogen-bond donors (Lipinski definition) is 1. The van der Waals surface area contributed by atoms with Gasteiger partial charge in [-0.2, -0.15) is 8.78 Å². The van der Waals surface area contributed by atoms with E-state index in [0.29, 0.717) is 24.6 Å². The van der Waals surface area contributed by atoms with Crippen LogP contribution in [0.4, 0.5) is 18.9 Å². The van der Waals surface area contributed by atoms with E-state index in [0.717, 1.165) is 0 Å². The second-order valence-corrected chi connectivity index (χ2v) is 6.02. The van der Waals surface area contributed by atoms with Crippen molar-refractivity contribution in [2.24, 2.45) is 0 Å². The third kappa shape index (κ3) is 7.36. The predicted octanol–water partition coefficient (Wildman–Crippen LogP) is 4.03. The highest BCUT2D eigenvalue weighted by atomic mass is 35.5. The largest absolute Gasteiger partial charge is 0.492 e. The lowest BCUT2D eigenvalue weighted by molar-refractivity contribution is -0.117. The van der Waals surface area contributed by atoms with Crippen LogP contribution in [0.15, 0.2) is 42.5 Å². The van der Waals surface area contributed by atoms with Gasteiger partial charge >= 0.3 is 6.61 Å². The number of rotatable bonds is 9. The number of benzene rings is 2. The average Bonchev–Trinajstić information content (AvgIpc) is 2.58. The fourth-order valence-corrected chi connectivity index (χ4v) is 2.37. The number of anilines is 1. The SMILES string of the molecule is CN(CCOc1ccc(F)cc1)CC(=O)Nc1ccc(OC(F)F)c(Cl)c1. The zero-order chi connectivity index (χ0) is 19.8. The number of amides is 1. The molecular formula is C18H18ClF3N2O3. The Balaban J connectivity index is 1.75. The summed E-state index contributed by atoms with van der Waals surface area (Å²) in [7, 11) is 1.74. The highest BCUT2D eigenvalue weighted by Gasteiger charge is 2.11. The van der Waals surface area contributed by atoms with Crippen LogP contribution in [-0.2, 0) is 4.79 Å². The van der Waals surface area contributed by atoms with E-state index in [-0.39, 0.29) is 29.0 Å². The van der Waals surface area contributed by atoms with Gasteiger partial charge in [-0.05, 0) is 49.5 Å². The molecule has 0 aliphatic carbocycles. The molecule has 0 fully saturated rings. The fraction of sp³-hybridized carbons (Fsp3) is 0.278. The summed E-state index contributed by atoms with van der Waals surface area (Å²) in [6.45, 7) is -2.11. The Morgan fingerprint density at radius 1 is 1.22 bits per heavy atom. The van der Waals surface area contributed by atoms with Crippen LogP contribution in [0.25, 0.3) is 0 Å². The summed E-state index contributed by atoms with van der Waals surface area (Å²) >= 11 is 5.84. The highest BCUT2D eigenvalue weighted by molar-refractivity contribution is 6.32. The fourth-order valence-electron chi connectivity index (χ4n) is 2.15. The van der Waals surface area contributed by atoms with Crippen molar-refractivity contribution in [1.82, 2.24) is 4.90 Å². The predicted molar refractivity (Wildman–Crippen MR) is 96.1 cm³/mol. The molecule has 2 aromatic rings. The maximum atomic E-state index is 12.8. The van der Waals surface area contributed by atoms with Crippen LogP contribution < -0.4 is 14.8 Å². The van der Waals surface area contributed by atoms with Crippen LogP contribution in [-0.4, -0.2) is 44.2 Å². The number of nitrogens with zero attached hydrogens (tertiary/aromatic N) is 1. The minimum atomic E-state index is -2.98. The normalized spacial score (nSPS) is 10.9. The van der Waals surface area contributed by atoms with Gasteiger partial charge in [-0.15, -0.1) is 0 Å². The molecule has 0 atom stereocenters. The lowest BCUT2D eigenvalue weighted by atomic mass is 10.3. The molecule has 0 aliphatic heterocycles. The molecule has 27 heavy (non-hydrogen) atoms. The van der Waals surface area contributed by atoms with Crippen LogP contribution in [0, 0.1) is 5.82 Å². The van der Waals surface area contributed by atoms with Gasteiger partial charge in [0.2, 0.25) is 5.91 Å². The maximum Gasteiger partial charge on any atom is 0.387 e. The first-order valence-corrected chi connectivity index (χ1v) is 8.32. The summed E-state index contributed by atoms with van der Waals surface area (Å²) in [5.74, 6) is -0.280. The van der Waals surface area contributed by atoms with Crippen molar-refractivity contribution in [3.63, 3.8) is 0 Å². The van der Waals surface area contributed by atoms with Gasteiger partial charge in [0.15, 0.2) is 0 Å². The molecule has 0 saturated heterocycles. The molecule has 2 aromatic carbocycles. The van der Waals surface area contributed by atoms with Crippen LogP contribution in [0.1, 0.15) is 0 Å². The minimum Gasteiger partial charge on any atom is -0.492 e. The van der Waals surface area contributed by atoms with Crippen molar-refractivity contribution in [2.75, 3.05) is 32.1 Å². The molecule has 0 saturated carbocycles. The Morgan fingerprint density at radius 3 is 2.56 bits per heavy atom. The van der Waals surface area contributed by atoms with Crippen molar-refractivity contribution in [2.45, 2.75) is 6.61 Å². The molecule has 0 spiro atoms. The zero-order valence-electron chi connectivity index (χ0n) is 14.4. The number of halogens is 4. The van der Waals surface area contributed by atoms with E-state index in [4.69, 9.17) is 16.3 Å². The Morgan fingerprint density at radius 2 is 1.93 bits per heavy atom. The first-order chi connectivity index (χ1) is 12.8. The van der Waals surface area contributed by atoms with E-state index in [1.165, 1.54) is 42.5 Å². The summed E-state index contributed by atoms with van der Waals surface area (Å²) in [6.07, 6.45) is 0. The Hall–Kier alpha value is -2.45. The lowest BCUT2D eigenvalue weighted by Crippen LogP contribution is -2.33. The zero-order valence-corrected chi connectivity index (χ0v) is 15.2. The summed E-state index contributed by atoms with van der Waals surface area (Å²) in [6, 6.07) is 9.64. The summed E-state index contributed by atoms with van der Waals surface area (Å²) in [5.41, 5.74) is 0.363. The number of alkyl halides is 2. The van der Waals surface area contributed by atoms with Crippen molar-refractivity contribution in [1.29, 1.82) is 0 Å². The number of ether oxygens (including phenoxy) is 2. The molecule has 146 valence electrons. The number of likely N-dealkylation sites (N-methyl/N-ethyl adjacent to an activating group) is 1. The average molecular weight is 403 g/mol. The van der Waals surface area contributed by atoms with Gasteiger partial charge < -0.3 is 14.8 Å². The smallest absolute Gasteiger partial charge is 0.387 e. The van der Waals surface area contributed by atoms with E-state index in [1.54, 1.807) is 11.9 Å². The number of nitrogens with one attached hydrogen (secondary N) is 1. The highest BCUT2D eigenvalue weighted by Crippen LogP contribution is 2.28. The van der Waals surface area contributed by atoms with Crippen LogP contribution in [0.3, 0.4) is 0 Å². The first-order valence-electron chi connectivity index (χ1n) is 7.94. The second kappa shape index (κ2) is 10.0. The molecular weight excluding hydrogens is 385 g/mol. The molecule has 1 N–H and O–H groups in total. The van der Waals surface area contributed by atoms with E-state index < -0.39 is 6.61 Å². The van der Waals surface area contributed by atoms with Crippen LogP contribution >= 0.6 is 11.6 Å². The van der Waals surface area contributed by atoms with Gasteiger partial charge in [-0.1, -0.05) is 11.6 Å². The molecule has 5 nitrogen and oxygen atoms in total. The van der Waals surface area contributed by atoms with Gasteiger partial charge in [0, 0.05) is 12.2 Å². The minimum absolute atomic E-state index is 0.0332. The van der Waals surface area contributed by atoms with Crippen molar-refractivity contribution in [3.05, 3.63) is 53.3 Å². The molecule has 0 aromatic heterocycles. The molecule has 2 rings (SSSR count). The maximum absolute atomic E-state index is 12.8. The van der Waals surface area contributed by atoms with E-state index in [2.05, 4.69) is 10.1 Å². The molecule has 0 aliphatic rings. The molecule has 0 radical (unpaired) electrons. The Kier molecular flexibility index (Phi) is 7.75. The second-order valence-electron chi connectivity index (χ2n) is 5.61. The van der Waals surface area contributed by atoms with Crippen molar-refractivity contribution >= 4 is 23.2 Å². The number of hydrogen-bond acceptors (Lipinski definition) is 4. The third-order valence-corrected chi connectivity index (χ3v) is 3.70. The summed E-state index contributed by atoms with van der Waals surface area (Å²) in [4.78, 5) is 13.8. The molecule has 0 unspecified atom stereocenters. The Labute approximate surface area is 159 Å². The monoisotopic (exact) mass is 402 g/mol. The molecule has 0 heterocycles. The molecule has 1 amide bonds. The van der Waals surface area contributed by atoms with E-state index >= 15 is 0 Å². The molecule has 9 heteroatoms. The van der Waals surface area contributed by atoms with Gasteiger partial charge in [0.25, 0.3) is 0 Å². The number of carbonyl (C=O) groups excluding carboxylic acids is 1. The molecule has 0 bridgehead atoms. The number of carbonyl (C=O) groups is 1.